The zero-order valence-corrected chi connectivity index (χ0v) is 10.8. The van der Waals surface area contributed by atoms with Crippen LogP contribution >= 0.6 is 0 Å². The van der Waals surface area contributed by atoms with Crippen LogP contribution in [0.2, 0.25) is 0 Å². The van der Waals surface area contributed by atoms with Crippen molar-refractivity contribution in [2.24, 2.45) is 0 Å². The second-order valence-electron chi connectivity index (χ2n) is 4.51. The van der Waals surface area contributed by atoms with Gasteiger partial charge in [-0.15, -0.1) is 0 Å². The number of sulfone groups is 1. The minimum atomic E-state index is -2.95. The van der Waals surface area contributed by atoms with E-state index >= 15 is 0 Å². The third-order valence-electron chi connectivity index (χ3n) is 3.12. The average molecular weight is 273 g/mol. The zero-order valence-electron chi connectivity index (χ0n) is 10.00. The molecule has 6 nitrogen and oxygen atoms in total. The molecule has 1 aliphatic rings. The van der Waals surface area contributed by atoms with Crippen LogP contribution in [0.15, 0.2) is 16.7 Å². The summed E-state index contributed by atoms with van der Waals surface area (Å²) < 4.78 is 27.8. The Morgan fingerprint density at radius 3 is 2.94 bits per heavy atom. The molecular formula is C11H15NO5S. The Morgan fingerprint density at radius 1 is 1.61 bits per heavy atom. The molecule has 2 heterocycles. The monoisotopic (exact) mass is 273 g/mol. The highest BCUT2D eigenvalue weighted by Gasteiger charge is 2.29. The minimum absolute atomic E-state index is 0.0735. The molecule has 1 aromatic heterocycles. The molecule has 0 saturated carbocycles. The number of hydrogen-bond acceptors (Lipinski definition) is 5. The molecule has 2 rings (SSSR count). The second kappa shape index (κ2) is 4.74. The predicted molar refractivity (Wildman–Crippen MR) is 64.2 cm³/mol. The van der Waals surface area contributed by atoms with Gasteiger partial charge in [0, 0.05) is 24.7 Å². The summed E-state index contributed by atoms with van der Waals surface area (Å²) in [6.45, 7) is 2.65. The first kappa shape index (κ1) is 13.1. The molecule has 18 heavy (non-hydrogen) atoms. The van der Waals surface area contributed by atoms with Crippen LogP contribution in [0, 0.1) is 0 Å². The Balaban J connectivity index is 2.10. The van der Waals surface area contributed by atoms with Gasteiger partial charge in [0.2, 0.25) is 5.76 Å². The van der Waals surface area contributed by atoms with Gasteiger partial charge in [-0.3, -0.25) is 4.90 Å². The lowest BCUT2D eigenvalue weighted by molar-refractivity contribution is 0.0658. The number of nitrogens with zero attached hydrogens (tertiary/aromatic N) is 1. The lowest BCUT2D eigenvalue weighted by atomic mass is 10.2. The van der Waals surface area contributed by atoms with E-state index in [0.29, 0.717) is 18.7 Å². The molecule has 0 bridgehead atoms. The highest BCUT2D eigenvalue weighted by Crippen LogP contribution is 2.18. The maximum atomic E-state index is 11.4. The third kappa shape index (κ3) is 2.73. The highest BCUT2D eigenvalue weighted by atomic mass is 32.2. The maximum Gasteiger partial charge on any atom is 0.372 e. The second-order valence-corrected chi connectivity index (χ2v) is 6.74. The molecule has 0 radical (unpaired) electrons. The van der Waals surface area contributed by atoms with E-state index in [1.807, 2.05) is 11.8 Å². The van der Waals surface area contributed by atoms with Crippen molar-refractivity contribution in [1.29, 1.82) is 0 Å². The van der Waals surface area contributed by atoms with E-state index in [0.717, 1.165) is 0 Å². The van der Waals surface area contributed by atoms with Crippen LogP contribution in [-0.4, -0.2) is 48.5 Å². The first-order valence-electron chi connectivity index (χ1n) is 5.63. The lowest BCUT2D eigenvalue weighted by Crippen LogP contribution is -2.46. The number of rotatable bonds is 3. The van der Waals surface area contributed by atoms with Crippen molar-refractivity contribution in [2.75, 3.05) is 18.1 Å². The molecule has 1 unspecified atom stereocenters. The van der Waals surface area contributed by atoms with Gasteiger partial charge in [0.25, 0.3) is 0 Å². The Bertz CT molecular complexity index is 548. The van der Waals surface area contributed by atoms with E-state index in [2.05, 4.69) is 0 Å². The molecule has 1 atom stereocenters. The Hall–Kier alpha value is -1.34. The molecule has 1 saturated heterocycles. The standard InChI is InChI=1S/C11H15NO5S/c1-8-7-18(15,16)5-3-12(8)6-9-2-4-17-10(9)11(13)14/h2,4,8H,3,5-7H2,1H3,(H,13,14). The highest BCUT2D eigenvalue weighted by molar-refractivity contribution is 7.91. The molecule has 0 aromatic carbocycles. The molecule has 1 aromatic rings. The number of carboxylic acid groups (broad SMARTS) is 1. The van der Waals surface area contributed by atoms with Crippen molar-refractivity contribution in [3.63, 3.8) is 0 Å². The fraction of sp³-hybridized carbons (Fsp3) is 0.545. The van der Waals surface area contributed by atoms with Gasteiger partial charge in [-0.25, -0.2) is 13.2 Å². The first-order valence-corrected chi connectivity index (χ1v) is 7.45. The van der Waals surface area contributed by atoms with Crippen LogP contribution in [0.4, 0.5) is 0 Å². The summed E-state index contributed by atoms with van der Waals surface area (Å²) in [4.78, 5) is 12.9. The molecule has 0 amide bonds. The smallest absolute Gasteiger partial charge is 0.372 e. The summed E-state index contributed by atoms with van der Waals surface area (Å²) in [6.07, 6.45) is 1.34. The van der Waals surface area contributed by atoms with Crippen LogP contribution in [-0.2, 0) is 16.4 Å². The molecule has 1 aliphatic heterocycles. The van der Waals surface area contributed by atoms with Gasteiger partial charge in [0.15, 0.2) is 9.84 Å². The fourth-order valence-corrected chi connectivity index (χ4v) is 3.76. The summed E-state index contributed by atoms with van der Waals surface area (Å²) >= 11 is 0. The van der Waals surface area contributed by atoms with Crippen molar-refractivity contribution in [3.05, 3.63) is 23.7 Å². The number of hydrogen-bond donors (Lipinski definition) is 1. The van der Waals surface area contributed by atoms with Crippen LogP contribution in [0.1, 0.15) is 23.0 Å². The predicted octanol–water partition coefficient (Wildman–Crippen LogP) is 0.597. The maximum absolute atomic E-state index is 11.4. The summed E-state index contributed by atoms with van der Waals surface area (Å²) in [5.41, 5.74) is 0.577. The molecule has 0 spiro atoms. The largest absolute Gasteiger partial charge is 0.475 e. The Morgan fingerprint density at radius 2 is 2.33 bits per heavy atom. The van der Waals surface area contributed by atoms with Crippen LogP contribution in [0.25, 0.3) is 0 Å². The minimum Gasteiger partial charge on any atom is -0.475 e. The fourth-order valence-electron chi connectivity index (χ4n) is 2.13. The SMILES string of the molecule is CC1CS(=O)(=O)CCN1Cc1ccoc1C(=O)O. The van der Waals surface area contributed by atoms with Gasteiger partial charge in [0.05, 0.1) is 17.8 Å². The van der Waals surface area contributed by atoms with Gasteiger partial charge >= 0.3 is 5.97 Å². The molecule has 100 valence electrons. The van der Waals surface area contributed by atoms with E-state index in [-0.39, 0.29) is 23.3 Å². The van der Waals surface area contributed by atoms with E-state index in [1.54, 1.807) is 6.07 Å². The average Bonchev–Trinajstić information content (AvgIpc) is 2.69. The number of carboxylic acids is 1. The van der Waals surface area contributed by atoms with Crippen molar-refractivity contribution in [3.8, 4) is 0 Å². The number of carbonyl (C=O) groups is 1. The normalized spacial score (nSPS) is 23.9. The zero-order chi connectivity index (χ0) is 13.3. The molecule has 0 aliphatic carbocycles. The van der Waals surface area contributed by atoms with Crippen LogP contribution < -0.4 is 0 Å². The molecule has 7 heteroatoms. The van der Waals surface area contributed by atoms with E-state index < -0.39 is 15.8 Å². The van der Waals surface area contributed by atoms with Crippen molar-refractivity contribution >= 4 is 15.8 Å². The summed E-state index contributed by atoms with van der Waals surface area (Å²) in [7, 11) is -2.95. The molecular weight excluding hydrogens is 258 g/mol. The number of aromatic carboxylic acids is 1. The van der Waals surface area contributed by atoms with Crippen molar-refractivity contribution < 1.29 is 22.7 Å². The van der Waals surface area contributed by atoms with Gasteiger partial charge in [0.1, 0.15) is 0 Å². The lowest BCUT2D eigenvalue weighted by Gasteiger charge is -2.32. The summed E-state index contributed by atoms with van der Waals surface area (Å²) in [6, 6.07) is 1.50. The topological polar surface area (TPSA) is 87.8 Å². The number of furan rings is 1. The summed E-state index contributed by atoms with van der Waals surface area (Å²) in [5, 5.41) is 8.92. The van der Waals surface area contributed by atoms with Crippen LogP contribution in [0.5, 0.6) is 0 Å². The van der Waals surface area contributed by atoms with Crippen molar-refractivity contribution in [1.82, 2.24) is 4.90 Å². The summed E-state index contributed by atoms with van der Waals surface area (Å²) in [5.74, 6) is -0.937. The van der Waals surface area contributed by atoms with E-state index in [1.165, 1.54) is 6.26 Å². The Kier molecular flexibility index (Phi) is 3.45. The first-order chi connectivity index (χ1) is 8.39. The quantitative estimate of drug-likeness (QED) is 0.867. The van der Waals surface area contributed by atoms with E-state index in [9.17, 15) is 13.2 Å². The van der Waals surface area contributed by atoms with Gasteiger partial charge in [-0.2, -0.15) is 0 Å². The van der Waals surface area contributed by atoms with Gasteiger partial charge in [-0.1, -0.05) is 0 Å². The van der Waals surface area contributed by atoms with Gasteiger partial charge in [-0.05, 0) is 13.0 Å². The Labute approximate surface area is 105 Å². The van der Waals surface area contributed by atoms with Crippen molar-refractivity contribution in [2.45, 2.75) is 19.5 Å². The van der Waals surface area contributed by atoms with Crippen LogP contribution in [0.3, 0.4) is 0 Å². The van der Waals surface area contributed by atoms with Gasteiger partial charge < -0.3 is 9.52 Å². The van der Waals surface area contributed by atoms with E-state index in [4.69, 9.17) is 9.52 Å². The molecule has 1 N–H and O–H groups in total. The third-order valence-corrected chi connectivity index (χ3v) is 4.92. The molecule has 1 fully saturated rings.